The lowest BCUT2D eigenvalue weighted by molar-refractivity contribution is -0.0227. The minimum absolute atomic E-state index is 0.117. The Morgan fingerprint density at radius 1 is 1.04 bits per heavy atom. The highest BCUT2D eigenvalue weighted by Crippen LogP contribution is 2.61. The third-order valence-corrected chi connectivity index (χ3v) is 8.08. The summed E-state index contributed by atoms with van der Waals surface area (Å²) in [5, 5.41) is 21.0. The highest BCUT2D eigenvalue weighted by Gasteiger charge is 2.54. The molecule has 0 aromatic heterocycles. The van der Waals surface area contributed by atoms with E-state index >= 15 is 0 Å². The van der Waals surface area contributed by atoms with Gasteiger partial charge in [0.1, 0.15) is 5.75 Å². The third kappa shape index (κ3) is 2.72. The van der Waals surface area contributed by atoms with Crippen LogP contribution in [-0.2, 0) is 12.8 Å². The maximum Gasteiger partial charge on any atom is 0.116 e. The summed E-state index contributed by atoms with van der Waals surface area (Å²) in [6.07, 6.45) is 7.51. The highest BCUT2D eigenvalue weighted by atomic mass is 16.3. The molecule has 0 saturated heterocycles. The Morgan fingerprint density at radius 3 is 2.67 bits per heavy atom. The van der Waals surface area contributed by atoms with Crippen molar-refractivity contribution in [1.29, 1.82) is 0 Å². The molecule has 2 aromatic rings. The quantitative estimate of drug-likeness (QED) is 0.771. The van der Waals surface area contributed by atoms with Crippen molar-refractivity contribution in [3.63, 3.8) is 0 Å². The summed E-state index contributed by atoms with van der Waals surface area (Å²) in [6.45, 7) is 2.34. The van der Waals surface area contributed by atoms with Crippen LogP contribution in [-0.4, -0.2) is 16.3 Å². The van der Waals surface area contributed by atoms with Crippen molar-refractivity contribution in [1.82, 2.24) is 0 Å². The number of aromatic hydroxyl groups is 1. The number of hydrogen-bond acceptors (Lipinski definition) is 2. The lowest BCUT2D eigenvalue weighted by atomic mass is 9.55. The van der Waals surface area contributed by atoms with Crippen LogP contribution >= 0.6 is 0 Å². The van der Waals surface area contributed by atoms with E-state index < -0.39 is 0 Å². The maximum atomic E-state index is 10.6. The fourth-order valence-electron chi connectivity index (χ4n) is 6.75. The van der Waals surface area contributed by atoms with E-state index in [1.54, 1.807) is 0 Å². The van der Waals surface area contributed by atoms with E-state index in [9.17, 15) is 10.2 Å². The summed E-state index contributed by atoms with van der Waals surface area (Å²) in [6, 6.07) is 14.6. The molecule has 0 unspecified atom stereocenters. The fraction of sp³-hybridized carbons (Fsp3) is 0.520. The molecule has 2 heteroatoms. The maximum absolute atomic E-state index is 10.6. The second-order valence-corrected chi connectivity index (χ2v) is 9.39. The molecule has 0 amide bonds. The molecule has 3 aliphatic rings. The molecule has 5 atom stereocenters. The predicted molar refractivity (Wildman–Crippen MR) is 108 cm³/mol. The van der Waals surface area contributed by atoms with Crippen molar-refractivity contribution < 1.29 is 10.2 Å². The van der Waals surface area contributed by atoms with E-state index in [1.165, 1.54) is 41.5 Å². The number of fused-ring (bicyclic) bond motifs is 5. The van der Waals surface area contributed by atoms with Gasteiger partial charge in [0, 0.05) is 0 Å². The molecule has 27 heavy (non-hydrogen) atoms. The summed E-state index contributed by atoms with van der Waals surface area (Å²) in [5.74, 6) is 2.34. The van der Waals surface area contributed by atoms with Gasteiger partial charge < -0.3 is 10.2 Å². The van der Waals surface area contributed by atoms with Crippen LogP contribution in [0, 0.1) is 17.3 Å². The first-order valence-electron chi connectivity index (χ1n) is 10.6. The first-order valence-corrected chi connectivity index (χ1v) is 10.6. The summed E-state index contributed by atoms with van der Waals surface area (Å²) < 4.78 is 0. The second kappa shape index (κ2) is 6.38. The molecule has 2 saturated carbocycles. The van der Waals surface area contributed by atoms with Crippen LogP contribution < -0.4 is 0 Å². The average Bonchev–Trinajstić information content (AvgIpc) is 2.97. The summed E-state index contributed by atoms with van der Waals surface area (Å²) in [7, 11) is 0. The largest absolute Gasteiger partial charge is 0.508 e. The summed E-state index contributed by atoms with van der Waals surface area (Å²) in [4.78, 5) is 0. The standard InChI is InChI=1S/C25H30O2/c1-25-12-11-21-20(22(25)9-10-23(25)27)8-7-17-14-19(26)15-18(24(17)21)13-16-5-3-2-4-6-16/h2-6,14-15,20-23,26-27H,7-13H2,1H3/t20-,21+,22+,23+,25+/m1/s1. The van der Waals surface area contributed by atoms with E-state index in [1.807, 2.05) is 12.1 Å². The molecule has 0 bridgehead atoms. The Labute approximate surface area is 162 Å². The predicted octanol–water partition coefficient (Wildman–Crippen LogP) is 5.20. The van der Waals surface area contributed by atoms with E-state index in [0.717, 1.165) is 25.7 Å². The van der Waals surface area contributed by atoms with Crippen molar-refractivity contribution in [2.75, 3.05) is 0 Å². The molecule has 0 spiro atoms. The molecule has 0 aliphatic heterocycles. The SMILES string of the molecule is C[C@]12CC[C@@H]3c4c(cc(O)cc4Cc4ccccc4)CC[C@H]3[C@@H]1CC[C@@H]2O. The van der Waals surface area contributed by atoms with E-state index in [-0.39, 0.29) is 11.5 Å². The Balaban J connectivity index is 1.55. The molecule has 2 N–H and O–H groups in total. The number of phenolic OH excluding ortho intramolecular Hbond substituents is 1. The van der Waals surface area contributed by atoms with E-state index in [0.29, 0.717) is 23.5 Å². The second-order valence-electron chi connectivity index (χ2n) is 9.39. The summed E-state index contributed by atoms with van der Waals surface area (Å²) >= 11 is 0. The third-order valence-electron chi connectivity index (χ3n) is 8.08. The van der Waals surface area contributed by atoms with Gasteiger partial charge >= 0.3 is 0 Å². The number of aryl methyl sites for hydroxylation is 1. The van der Waals surface area contributed by atoms with Crippen molar-refractivity contribution in [2.24, 2.45) is 17.3 Å². The lowest BCUT2D eigenvalue weighted by Gasteiger charge is -2.50. The number of aliphatic hydroxyl groups excluding tert-OH is 1. The Bertz CT molecular complexity index is 843. The number of phenols is 1. The van der Waals surface area contributed by atoms with Crippen molar-refractivity contribution >= 4 is 0 Å². The van der Waals surface area contributed by atoms with Crippen LogP contribution in [0.15, 0.2) is 42.5 Å². The van der Waals surface area contributed by atoms with Crippen LogP contribution in [0.4, 0.5) is 0 Å². The lowest BCUT2D eigenvalue weighted by Crippen LogP contribution is -2.44. The Kier molecular flexibility index (Phi) is 4.09. The van der Waals surface area contributed by atoms with Gasteiger partial charge in [-0.2, -0.15) is 0 Å². The fourth-order valence-corrected chi connectivity index (χ4v) is 6.75. The van der Waals surface area contributed by atoms with Crippen molar-refractivity contribution in [3.05, 3.63) is 64.7 Å². The molecule has 0 radical (unpaired) electrons. The number of benzene rings is 2. The van der Waals surface area contributed by atoms with Crippen LogP contribution in [0.5, 0.6) is 5.75 Å². The average molecular weight is 363 g/mol. The number of aliphatic hydroxyl groups is 1. The highest BCUT2D eigenvalue weighted by molar-refractivity contribution is 5.48. The Morgan fingerprint density at radius 2 is 1.85 bits per heavy atom. The van der Waals surface area contributed by atoms with Crippen molar-refractivity contribution in [3.8, 4) is 5.75 Å². The van der Waals surface area contributed by atoms with Crippen LogP contribution in [0.1, 0.15) is 67.2 Å². The van der Waals surface area contributed by atoms with Crippen molar-refractivity contribution in [2.45, 2.75) is 63.9 Å². The van der Waals surface area contributed by atoms with Gasteiger partial charge in [0.2, 0.25) is 0 Å². The minimum atomic E-state index is -0.117. The topological polar surface area (TPSA) is 40.5 Å². The number of hydrogen-bond donors (Lipinski definition) is 2. The molecule has 3 aliphatic carbocycles. The van der Waals surface area contributed by atoms with Gasteiger partial charge in [-0.05, 0) is 103 Å². The van der Waals surface area contributed by atoms with E-state index in [4.69, 9.17) is 0 Å². The molecular weight excluding hydrogens is 332 g/mol. The smallest absolute Gasteiger partial charge is 0.116 e. The molecule has 5 rings (SSSR count). The first kappa shape index (κ1) is 17.3. The zero-order valence-corrected chi connectivity index (χ0v) is 16.2. The minimum Gasteiger partial charge on any atom is -0.508 e. The Hall–Kier alpha value is -1.80. The van der Waals surface area contributed by atoms with E-state index in [2.05, 4.69) is 37.3 Å². The van der Waals surface area contributed by atoms with Crippen LogP contribution in [0.2, 0.25) is 0 Å². The van der Waals surface area contributed by atoms with Gasteiger partial charge in [-0.25, -0.2) is 0 Å². The van der Waals surface area contributed by atoms with Gasteiger partial charge in [0.05, 0.1) is 6.10 Å². The number of rotatable bonds is 2. The zero-order chi connectivity index (χ0) is 18.6. The molecule has 2 fully saturated rings. The molecule has 142 valence electrons. The summed E-state index contributed by atoms with van der Waals surface area (Å²) in [5.41, 5.74) is 5.63. The zero-order valence-electron chi connectivity index (χ0n) is 16.2. The normalized spacial score (nSPS) is 34.6. The van der Waals surface area contributed by atoms with Gasteiger partial charge in [-0.1, -0.05) is 37.3 Å². The van der Waals surface area contributed by atoms with Gasteiger partial charge in [-0.3, -0.25) is 0 Å². The molecule has 2 nitrogen and oxygen atoms in total. The van der Waals surface area contributed by atoms with Crippen LogP contribution in [0.3, 0.4) is 0 Å². The van der Waals surface area contributed by atoms with Gasteiger partial charge in [0.25, 0.3) is 0 Å². The molecule has 2 aromatic carbocycles. The first-order chi connectivity index (χ1) is 13.1. The van der Waals surface area contributed by atoms with Gasteiger partial charge in [0.15, 0.2) is 0 Å². The van der Waals surface area contributed by atoms with Gasteiger partial charge in [-0.15, -0.1) is 0 Å². The van der Waals surface area contributed by atoms with Crippen LogP contribution in [0.25, 0.3) is 0 Å². The monoisotopic (exact) mass is 362 g/mol. The molecular formula is C25H30O2. The molecule has 0 heterocycles.